The topological polar surface area (TPSA) is 59.1 Å². The monoisotopic (exact) mass is 330 g/mol. The molecule has 0 aliphatic rings. The highest BCUT2D eigenvalue weighted by Crippen LogP contribution is 2.18. The first kappa shape index (κ1) is 13.0. The average Bonchev–Trinajstić information content (AvgIpc) is 2.28. The second kappa shape index (κ2) is 5.03. The lowest BCUT2D eigenvalue weighted by Crippen LogP contribution is -2.15. The Morgan fingerprint density at radius 1 is 1.11 bits per heavy atom. The summed E-state index contributed by atoms with van der Waals surface area (Å²) in [6.45, 7) is 0. The molecule has 0 radical (unpaired) electrons. The van der Waals surface area contributed by atoms with Crippen LogP contribution in [0.1, 0.15) is 0 Å². The molecule has 7 heteroatoms. The van der Waals surface area contributed by atoms with Gasteiger partial charge in [-0.15, -0.1) is 0 Å². The molecule has 1 heterocycles. The minimum absolute atomic E-state index is 0.118. The molecule has 1 N–H and O–H groups in total. The molecule has 2 rings (SSSR count). The lowest BCUT2D eigenvalue weighted by atomic mass is 10.4. The van der Waals surface area contributed by atoms with E-state index in [4.69, 9.17) is 0 Å². The summed E-state index contributed by atoms with van der Waals surface area (Å²) in [7, 11) is -3.97. The van der Waals surface area contributed by atoms with Crippen LogP contribution in [0, 0.1) is 5.82 Å². The average molecular weight is 331 g/mol. The maximum absolute atomic E-state index is 13.4. The summed E-state index contributed by atoms with van der Waals surface area (Å²) in [5, 5.41) is 0. The van der Waals surface area contributed by atoms with Gasteiger partial charge in [-0.05, 0) is 40.2 Å². The predicted octanol–water partition coefficient (Wildman–Crippen LogP) is 2.78. The van der Waals surface area contributed by atoms with Crippen molar-refractivity contribution in [2.45, 2.75) is 4.90 Å². The second-order valence-electron chi connectivity index (χ2n) is 3.38. The SMILES string of the molecule is O=S(=O)(Nc1cccc(Br)n1)c1ccccc1F. The Morgan fingerprint density at radius 2 is 1.83 bits per heavy atom. The van der Waals surface area contributed by atoms with Crippen molar-refractivity contribution in [1.29, 1.82) is 0 Å². The Morgan fingerprint density at radius 3 is 2.50 bits per heavy atom. The minimum Gasteiger partial charge on any atom is -0.263 e. The van der Waals surface area contributed by atoms with Crippen molar-refractivity contribution >= 4 is 31.8 Å². The number of sulfonamides is 1. The molecule has 0 aliphatic heterocycles. The molecule has 0 aliphatic carbocycles. The third-order valence-corrected chi connectivity index (χ3v) is 3.91. The highest BCUT2D eigenvalue weighted by Gasteiger charge is 2.18. The van der Waals surface area contributed by atoms with Crippen molar-refractivity contribution in [2.24, 2.45) is 0 Å². The van der Waals surface area contributed by atoms with Gasteiger partial charge in [-0.3, -0.25) is 4.72 Å². The van der Waals surface area contributed by atoms with Gasteiger partial charge in [0.2, 0.25) is 0 Å². The lowest BCUT2D eigenvalue weighted by molar-refractivity contribution is 0.570. The van der Waals surface area contributed by atoms with Crippen LogP contribution in [0.5, 0.6) is 0 Å². The van der Waals surface area contributed by atoms with E-state index in [9.17, 15) is 12.8 Å². The van der Waals surface area contributed by atoms with Crippen molar-refractivity contribution in [3.63, 3.8) is 0 Å². The zero-order valence-corrected chi connectivity index (χ0v) is 11.4. The zero-order chi connectivity index (χ0) is 13.2. The van der Waals surface area contributed by atoms with Gasteiger partial charge >= 0.3 is 0 Å². The number of benzene rings is 1. The van der Waals surface area contributed by atoms with E-state index in [1.807, 2.05) is 0 Å². The van der Waals surface area contributed by atoms with Gasteiger partial charge in [-0.2, -0.15) is 0 Å². The summed E-state index contributed by atoms with van der Waals surface area (Å²) < 4.78 is 40.0. The van der Waals surface area contributed by atoms with Crippen molar-refractivity contribution < 1.29 is 12.8 Å². The Kier molecular flexibility index (Phi) is 3.63. The van der Waals surface area contributed by atoms with Crippen LogP contribution >= 0.6 is 15.9 Å². The van der Waals surface area contributed by atoms with Crippen molar-refractivity contribution in [1.82, 2.24) is 4.98 Å². The number of hydrogen-bond donors (Lipinski definition) is 1. The van der Waals surface area contributed by atoms with E-state index in [-0.39, 0.29) is 5.82 Å². The number of pyridine rings is 1. The van der Waals surface area contributed by atoms with E-state index >= 15 is 0 Å². The van der Waals surface area contributed by atoms with E-state index in [0.29, 0.717) is 4.60 Å². The van der Waals surface area contributed by atoms with Crippen LogP contribution in [0.2, 0.25) is 0 Å². The number of nitrogens with one attached hydrogen (secondary N) is 1. The molecule has 0 atom stereocenters. The van der Waals surface area contributed by atoms with Gasteiger partial charge in [0.25, 0.3) is 10.0 Å². The predicted molar refractivity (Wildman–Crippen MR) is 69.1 cm³/mol. The molecule has 1 aromatic heterocycles. The van der Waals surface area contributed by atoms with Crippen LogP contribution in [0.15, 0.2) is 52.0 Å². The fraction of sp³-hybridized carbons (Fsp3) is 0. The molecule has 0 saturated heterocycles. The smallest absolute Gasteiger partial charge is 0.263 e. The minimum atomic E-state index is -3.97. The normalized spacial score (nSPS) is 11.2. The Hall–Kier alpha value is -1.47. The number of rotatable bonds is 3. The molecule has 0 fully saturated rings. The molecule has 94 valence electrons. The summed E-state index contributed by atoms with van der Waals surface area (Å²) in [6, 6.07) is 9.90. The van der Waals surface area contributed by atoms with E-state index in [0.717, 1.165) is 6.07 Å². The van der Waals surface area contributed by atoms with E-state index < -0.39 is 20.7 Å². The van der Waals surface area contributed by atoms with Crippen molar-refractivity contribution in [3.8, 4) is 0 Å². The van der Waals surface area contributed by atoms with E-state index in [2.05, 4.69) is 25.6 Å². The number of hydrogen-bond acceptors (Lipinski definition) is 3. The summed E-state index contributed by atoms with van der Waals surface area (Å²) in [5.41, 5.74) is 0. The summed E-state index contributed by atoms with van der Waals surface area (Å²) in [6.07, 6.45) is 0. The van der Waals surface area contributed by atoms with Crippen LogP contribution in [0.25, 0.3) is 0 Å². The third kappa shape index (κ3) is 2.85. The second-order valence-corrected chi connectivity index (χ2v) is 5.84. The number of halogens is 2. The Labute approximate surface area is 112 Å². The fourth-order valence-corrected chi connectivity index (χ4v) is 2.75. The molecule has 2 aromatic rings. The molecule has 1 aromatic carbocycles. The van der Waals surface area contributed by atoms with Crippen molar-refractivity contribution in [3.05, 3.63) is 52.9 Å². The highest BCUT2D eigenvalue weighted by molar-refractivity contribution is 9.10. The molecule has 0 spiro atoms. The van der Waals surface area contributed by atoms with Gasteiger partial charge in [0.05, 0.1) is 0 Å². The number of anilines is 1. The zero-order valence-electron chi connectivity index (χ0n) is 8.97. The molecule has 0 amide bonds. The van der Waals surface area contributed by atoms with Gasteiger partial charge in [0.1, 0.15) is 21.1 Å². The first-order chi connectivity index (χ1) is 8.49. The number of aromatic nitrogens is 1. The molecule has 0 unspecified atom stereocenters. The van der Waals surface area contributed by atoms with E-state index in [1.54, 1.807) is 12.1 Å². The number of nitrogens with zero attached hydrogens (tertiary/aromatic N) is 1. The Bertz CT molecular complexity index is 676. The lowest BCUT2D eigenvalue weighted by Gasteiger charge is -2.07. The summed E-state index contributed by atoms with van der Waals surface area (Å²) in [4.78, 5) is 3.51. The van der Waals surface area contributed by atoms with Crippen LogP contribution in [-0.2, 0) is 10.0 Å². The van der Waals surface area contributed by atoms with E-state index in [1.165, 1.54) is 24.3 Å². The highest BCUT2D eigenvalue weighted by atomic mass is 79.9. The van der Waals surface area contributed by atoms with Gasteiger partial charge < -0.3 is 0 Å². The maximum atomic E-state index is 13.4. The molecule has 18 heavy (non-hydrogen) atoms. The fourth-order valence-electron chi connectivity index (χ4n) is 1.32. The van der Waals surface area contributed by atoms with Gasteiger partial charge in [0, 0.05) is 0 Å². The summed E-state index contributed by atoms with van der Waals surface area (Å²) >= 11 is 3.12. The van der Waals surface area contributed by atoms with Crippen LogP contribution < -0.4 is 4.72 Å². The van der Waals surface area contributed by atoms with Crippen LogP contribution in [0.4, 0.5) is 10.2 Å². The first-order valence-electron chi connectivity index (χ1n) is 4.89. The quantitative estimate of drug-likeness (QED) is 0.880. The summed E-state index contributed by atoms with van der Waals surface area (Å²) in [5.74, 6) is -0.687. The van der Waals surface area contributed by atoms with Gasteiger partial charge in [0.15, 0.2) is 0 Å². The molecular weight excluding hydrogens is 323 g/mol. The first-order valence-corrected chi connectivity index (χ1v) is 7.16. The molecule has 4 nitrogen and oxygen atoms in total. The van der Waals surface area contributed by atoms with Crippen LogP contribution in [0.3, 0.4) is 0 Å². The van der Waals surface area contributed by atoms with Gasteiger partial charge in [-0.25, -0.2) is 17.8 Å². The molecule has 0 saturated carbocycles. The van der Waals surface area contributed by atoms with Gasteiger partial charge in [-0.1, -0.05) is 18.2 Å². The Balaban J connectivity index is 2.37. The van der Waals surface area contributed by atoms with Crippen molar-refractivity contribution in [2.75, 3.05) is 4.72 Å². The maximum Gasteiger partial charge on any atom is 0.265 e. The largest absolute Gasteiger partial charge is 0.265 e. The third-order valence-electron chi connectivity index (χ3n) is 2.08. The molecular formula is C11H8BrFN2O2S. The standard InChI is InChI=1S/C11H8BrFN2O2S/c12-10-6-3-7-11(14-10)15-18(16,17)9-5-2-1-4-8(9)13/h1-7H,(H,14,15). The van der Waals surface area contributed by atoms with Crippen LogP contribution in [-0.4, -0.2) is 13.4 Å². The molecule has 0 bridgehead atoms.